The first-order chi connectivity index (χ1) is 12.6. The van der Waals surface area contributed by atoms with Gasteiger partial charge in [-0.15, -0.1) is 0 Å². The zero-order chi connectivity index (χ0) is 18.9. The first-order valence-electron chi connectivity index (χ1n) is 8.70. The highest BCUT2D eigenvalue weighted by molar-refractivity contribution is 9.10. The normalized spacial score (nSPS) is 10.8. The molecule has 140 valence electrons. The van der Waals surface area contributed by atoms with Gasteiger partial charge < -0.3 is 18.9 Å². The molecule has 0 saturated carbocycles. The molecule has 26 heavy (non-hydrogen) atoms. The van der Waals surface area contributed by atoms with Crippen molar-refractivity contribution in [1.29, 1.82) is 0 Å². The third-order valence-electron chi connectivity index (χ3n) is 3.58. The van der Waals surface area contributed by atoms with Crippen LogP contribution in [0.15, 0.2) is 34.8 Å². The Kier molecular flexibility index (Phi) is 7.85. The van der Waals surface area contributed by atoms with Gasteiger partial charge in [0.1, 0.15) is 5.75 Å². The zero-order valence-corrected chi connectivity index (χ0v) is 17.3. The molecule has 0 aliphatic rings. The number of hydrogen-bond acceptors (Lipinski definition) is 4. The van der Waals surface area contributed by atoms with Crippen LogP contribution < -0.4 is 18.9 Å². The van der Waals surface area contributed by atoms with Gasteiger partial charge in [-0.25, -0.2) is 0 Å². The summed E-state index contributed by atoms with van der Waals surface area (Å²) < 4.78 is 23.4. The number of halogens is 1. The molecule has 5 heteroatoms. The molecule has 0 bridgehead atoms. The highest BCUT2D eigenvalue weighted by atomic mass is 79.9. The Morgan fingerprint density at radius 3 is 1.85 bits per heavy atom. The molecule has 2 rings (SSSR count). The van der Waals surface area contributed by atoms with E-state index in [0.717, 1.165) is 21.3 Å². The monoisotopic (exact) mass is 420 g/mol. The Bertz CT molecular complexity index is 729. The lowest BCUT2D eigenvalue weighted by Gasteiger charge is -2.16. The number of rotatable bonds is 9. The van der Waals surface area contributed by atoms with Gasteiger partial charge in [0.05, 0.1) is 31.4 Å². The minimum absolute atomic E-state index is 0.551. The van der Waals surface area contributed by atoms with E-state index in [4.69, 9.17) is 18.9 Å². The van der Waals surface area contributed by atoms with Gasteiger partial charge in [0.15, 0.2) is 11.5 Å². The van der Waals surface area contributed by atoms with Gasteiger partial charge in [0, 0.05) is 0 Å². The second kappa shape index (κ2) is 10.1. The quantitative estimate of drug-likeness (QED) is 0.478. The highest BCUT2D eigenvalue weighted by Crippen LogP contribution is 2.39. The average molecular weight is 421 g/mol. The van der Waals surface area contributed by atoms with Crippen LogP contribution in [0.4, 0.5) is 0 Å². The third-order valence-corrected chi connectivity index (χ3v) is 4.20. The maximum atomic E-state index is 5.76. The predicted octanol–water partition coefficient (Wildman–Crippen LogP) is 5.82. The van der Waals surface area contributed by atoms with Crippen molar-refractivity contribution in [1.82, 2.24) is 0 Å². The second-order valence-corrected chi connectivity index (χ2v) is 6.23. The molecule has 0 aliphatic heterocycles. The lowest BCUT2D eigenvalue weighted by Crippen LogP contribution is -2.02. The molecule has 2 aromatic rings. The van der Waals surface area contributed by atoms with Crippen LogP contribution in [0.25, 0.3) is 12.2 Å². The molecule has 0 fully saturated rings. The van der Waals surface area contributed by atoms with Gasteiger partial charge in [0.25, 0.3) is 0 Å². The molecule has 0 spiro atoms. The van der Waals surface area contributed by atoms with Crippen LogP contribution in [0.5, 0.6) is 23.0 Å². The molecule has 0 aliphatic carbocycles. The van der Waals surface area contributed by atoms with Crippen LogP contribution in [0.3, 0.4) is 0 Å². The molecule has 0 N–H and O–H groups in total. The van der Waals surface area contributed by atoms with Crippen LogP contribution in [0, 0.1) is 0 Å². The number of benzene rings is 2. The third kappa shape index (κ3) is 5.18. The SMILES string of the molecule is CCOc1cc(/C=C\c2ccc(OC)c(Br)c2)cc(OCC)c1OCC. The Balaban J connectivity index is 2.37. The molecule has 0 unspecified atom stereocenters. The predicted molar refractivity (Wildman–Crippen MR) is 110 cm³/mol. The number of ether oxygens (including phenoxy) is 4. The van der Waals surface area contributed by atoms with Crippen LogP contribution in [-0.2, 0) is 0 Å². The summed E-state index contributed by atoms with van der Waals surface area (Å²) in [6, 6.07) is 9.87. The van der Waals surface area contributed by atoms with Gasteiger partial charge in [-0.05, 0) is 72.1 Å². The molecule has 0 radical (unpaired) electrons. The highest BCUT2D eigenvalue weighted by Gasteiger charge is 2.14. The van der Waals surface area contributed by atoms with E-state index in [1.54, 1.807) is 7.11 Å². The van der Waals surface area contributed by atoms with Crippen molar-refractivity contribution in [2.45, 2.75) is 20.8 Å². The lowest BCUT2D eigenvalue weighted by atomic mass is 10.1. The van der Waals surface area contributed by atoms with Crippen molar-refractivity contribution in [3.63, 3.8) is 0 Å². The fourth-order valence-electron chi connectivity index (χ4n) is 2.48. The summed E-state index contributed by atoms with van der Waals surface area (Å²) in [7, 11) is 1.65. The Morgan fingerprint density at radius 2 is 1.35 bits per heavy atom. The van der Waals surface area contributed by atoms with Gasteiger partial charge in [-0.1, -0.05) is 18.2 Å². The number of hydrogen-bond donors (Lipinski definition) is 0. The minimum Gasteiger partial charge on any atom is -0.496 e. The molecule has 0 aromatic heterocycles. The molecule has 0 saturated heterocycles. The first-order valence-corrected chi connectivity index (χ1v) is 9.50. The van der Waals surface area contributed by atoms with Crippen molar-refractivity contribution >= 4 is 28.1 Å². The smallest absolute Gasteiger partial charge is 0.203 e. The first kappa shape index (κ1) is 20.2. The topological polar surface area (TPSA) is 36.9 Å². The van der Waals surface area contributed by atoms with Crippen LogP contribution in [0.2, 0.25) is 0 Å². The van der Waals surface area contributed by atoms with Crippen LogP contribution in [0.1, 0.15) is 31.9 Å². The summed E-state index contributed by atoms with van der Waals surface area (Å²) in [5.74, 6) is 2.84. The van der Waals surface area contributed by atoms with E-state index in [0.29, 0.717) is 37.1 Å². The molecule has 2 aromatic carbocycles. The summed E-state index contributed by atoms with van der Waals surface area (Å²) in [6.07, 6.45) is 4.06. The van der Waals surface area contributed by atoms with E-state index < -0.39 is 0 Å². The fraction of sp³-hybridized carbons (Fsp3) is 0.333. The molecule has 0 atom stereocenters. The summed E-state index contributed by atoms with van der Waals surface area (Å²) >= 11 is 3.51. The van der Waals surface area contributed by atoms with Crippen molar-refractivity contribution in [2.24, 2.45) is 0 Å². The Morgan fingerprint density at radius 1 is 0.769 bits per heavy atom. The van der Waals surface area contributed by atoms with Gasteiger partial charge >= 0.3 is 0 Å². The van der Waals surface area contributed by atoms with Gasteiger partial charge in [-0.2, -0.15) is 0 Å². The van der Waals surface area contributed by atoms with Gasteiger partial charge in [0.2, 0.25) is 5.75 Å². The zero-order valence-electron chi connectivity index (χ0n) is 15.7. The standard InChI is InChI=1S/C21H25BrO4/c1-5-24-19-13-16(14-20(25-6-2)21(19)26-7-3)9-8-15-10-11-18(23-4)17(22)12-15/h8-14H,5-7H2,1-4H3/b9-8-. The second-order valence-electron chi connectivity index (χ2n) is 5.37. The van der Waals surface area contributed by atoms with E-state index in [9.17, 15) is 0 Å². The average Bonchev–Trinajstić information content (AvgIpc) is 2.63. The molecule has 4 nitrogen and oxygen atoms in total. The van der Waals surface area contributed by atoms with E-state index in [-0.39, 0.29) is 0 Å². The van der Waals surface area contributed by atoms with E-state index >= 15 is 0 Å². The molecule has 0 heterocycles. The summed E-state index contributed by atoms with van der Waals surface area (Å²) in [6.45, 7) is 7.52. The van der Waals surface area contributed by atoms with Crippen molar-refractivity contribution in [3.8, 4) is 23.0 Å². The van der Waals surface area contributed by atoms with Crippen LogP contribution in [-0.4, -0.2) is 26.9 Å². The summed E-state index contributed by atoms with van der Waals surface area (Å²) in [4.78, 5) is 0. The van der Waals surface area contributed by atoms with E-state index in [2.05, 4.69) is 15.9 Å². The van der Waals surface area contributed by atoms with Gasteiger partial charge in [-0.3, -0.25) is 0 Å². The molecule has 0 amide bonds. The molecular weight excluding hydrogens is 396 g/mol. The van der Waals surface area contributed by atoms with Crippen LogP contribution >= 0.6 is 15.9 Å². The lowest BCUT2D eigenvalue weighted by molar-refractivity contribution is 0.260. The van der Waals surface area contributed by atoms with E-state index in [1.165, 1.54) is 0 Å². The maximum Gasteiger partial charge on any atom is 0.203 e. The number of methoxy groups -OCH3 is 1. The summed E-state index contributed by atoms with van der Waals surface area (Å²) in [5, 5.41) is 0. The molecular formula is C21H25BrO4. The van der Waals surface area contributed by atoms with Crippen molar-refractivity contribution in [3.05, 3.63) is 45.9 Å². The minimum atomic E-state index is 0.551. The maximum absolute atomic E-state index is 5.76. The fourth-order valence-corrected chi connectivity index (χ4v) is 3.04. The Labute approximate surface area is 163 Å². The van der Waals surface area contributed by atoms with Crippen molar-refractivity contribution < 1.29 is 18.9 Å². The van der Waals surface area contributed by atoms with E-state index in [1.807, 2.05) is 63.3 Å². The largest absolute Gasteiger partial charge is 0.496 e. The van der Waals surface area contributed by atoms with Crippen molar-refractivity contribution in [2.75, 3.05) is 26.9 Å². The Hall–Kier alpha value is -2.14. The summed E-state index contributed by atoms with van der Waals surface area (Å²) in [5.41, 5.74) is 2.04.